The molecule has 8 nitrogen and oxygen atoms in total. The Hall–Kier alpha value is -3.62. The molecule has 210 valence electrons. The minimum Gasteiger partial charge on any atom is -0.459 e. The lowest BCUT2D eigenvalue weighted by molar-refractivity contribution is -0.150. The van der Waals surface area contributed by atoms with Crippen LogP contribution in [0.2, 0.25) is 0 Å². The van der Waals surface area contributed by atoms with Crippen molar-refractivity contribution in [3.8, 4) is 5.69 Å². The number of amides is 1. The lowest BCUT2D eigenvalue weighted by Crippen LogP contribution is -2.41. The average molecular weight is 544 g/mol. The van der Waals surface area contributed by atoms with Crippen LogP contribution in [0.15, 0.2) is 71.2 Å². The number of carbonyl (C=O) groups excluding carboxylic acids is 1. The summed E-state index contributed by atoms with van der Waals surface area (Å²) in [5.41, 5.74) is 3.91. The molecule has 0 saturated heterocycles. The van der Waals surface area contributed by atoms with Crippen LogP contribution in [0.5, 0.6) is 0 Å². The maximum Gasteiger partial charge on any atom is 0.286 e. The first-order chi connectivity index (χ1) is 19.4. The van der Waals surface area contributed by atoms with E-state index < -0.39 is 6.29 Å². The number of nitrogens with one attached hydrogen (secondary N) is 1. The van der Waals surface area contributed by atoms with Gasteiger partial charge in [0.1, 0.15) is 0 Å². The van der Waals surface area contributed by atoms with Crippen LogP contribution in [0.25, 0.3) is 5.69 Å². The van der Waals surface area contributed by atoms with Gasteiger partial charge in [-0.3, -0.25) is 14.3 Å². The maximum absolute atomic E-state index is 13.8. The number of carbonyl (C=O) groups is 1. The lowest BCUT2D eigenvalue weighted by atomic mass is 9.92. The zero-order valence-corrected chi connectivity index (χ0v) is 23.1. The number of nitrogens with zero attached hydrogens (tertiary/aromatic N) is 2. The van der Waals surface area contributed by atoms with Gasteiger partial charge < -0.3 is 19.9 Å². The fourth-order valence-corrected chi connectivity index (χ4v) is 6.73. The van der Waals surface area contributed by atoms with Crippen LogP contribution in [-0.4, -0.2) is 32.7 Å². The number of aromatic nitrogens is 2. The highest BCUT2D eigenvalue weighted by molar-refractivity contribution is 5.92. The second kappa shape index (κ2) is 11.1. The van der Waals surface area contributed by atoms with E-state index in [-0.39, 0.29) is 42.4 Å². The summed E-state index contributed by atoms with van der Waals surface area (Å²) < 4.78 is 15.8. The number of fused-ring (bicyclic) bond motifs is 2. The van der Waals surface area contributed by atoms with Crippen LogP contribution in [0, 0.1) is 18.8 Å². The van der Waals surface area contributed by atoms with Crippen molar-refractivity contribution in [3.63, 3.8) is 0 Å². The fraction of sp³-hybridized carbons (Fsp3) is 0.438. The van der Waals surface area contributed by atoms with Crippen LogP contribution < -0.4 is 10.9 Å². The van der Waals surface area contributed by atoms with E-state index in [1.54, 1.807) is 10.8 Å². The smallest absolute Gasteiger partial charge is 0.286 e. The van der Waals surface area contributed by atoms with Crippen LogP contribution in [0.4, 0.5) is 0 Å². The van der Waals surface area contributed by atoms with Gasteiger partial charge in [-0.1, -0.05) is 48.9 Å². The van der Waals surface area contributed by atoms with Crippen molar-refractivity contribution in [3.05, 3.63) is 99.2 Å². The van der Waals surface area contributed by atoms with E-state index >= 15 is 0 Å². The van der Waals surface area contributed by atoms with Gasteiger partial charge in [0, 0.05) is 36.7 Å². The molecule has 3 unspecified atom stereocenters. The third-order valence-electron chi connectivity index (χ3n) is 8.95. The Bertz CT molecular complexity index is 1460. The second-order valence-corrected chi connectivity index (χ2v) is 11.4. The molecule has 5 atom stereocenters. The molecule has 2 aliphatic carbocycles. The molecule has 8 heteroatoms. The predicted molar refractivity (Wildman–Crippen MR) is 151 cm³/mol. The lowest BCUT2D eigenvalue weighted by Gasteiger charge is -2.30. The molecule has 1 aromatic heterocycles. The van der Waals surface area contributed by atoms with E-state index in [1.807, 2.05) is 73.3 Å². The van der Waals surface area contributed by atoms with E-state index in [0.29, 0.717) is 23.8 Å². The van der Waals surface area contributed by atoms with Gasteiger partial charge in [-0.15, -0.1) is 0 Å². The number of allylic oxidation sites excluding steroid dienone is 1. The molecule has 2 heterocycles. The SMILES string of the molecule is Cc1c([C@@H]2C=C(C(=O)NC3CC4CCC3C4)O[C@H](OCc3ccc(CO)cc3)C2)c(=O)n(-c2ccccc2)n1C. The zero-order valence-electron chi connectivity index (χ0n) is 23.1. The van der Waals surface area contributed by atoms with Crippen LogP contribution in [-0.2, 0) is 34.5 Å². The molecule has 2 bridgehead atoms. The van der Waals surface area contributed by atoms with Crippen molar-refractivity contribution in [2.24, 2.45) is 18.9 Å². The first kappa shape index (κ1) is 26.6. The van der Waals surface area contributed by atoms with Gasteiger partial charge >= 0.3 is 0 Å². The highest BCUT2D eigenvalue weighted by atomic mass is 16.7. The average Bonchev–Trinajstić information content (AvgIpc) is 3.66. The van der Waals surface area contributed by atoms with Gasteiger partial charge in [0.05, 0.1) is 18.9 Å². The number of ether oxygens (including phenoxy) is 2. The van der Waals surface area contributed by atoms with Gasteiger partial charge in [-0.25, -0.2) is 4.68 Å². The first-order valence-corrected chi connectivity index (χ1v) is 14.2. The number of hydrogen-bond acceptors (Lipinski definition) is 5. The third-order valence-corrected chi connectivity index (χ3v) is 8.95. The van der Waals surface area contributed by atoms with Crippen molar-refractivity contribution in [1.29, 1.82) is 0 Å². The van der Waals surface area contributed by atoms with Gasteiger partial charge in [0.25, 0.3) is 11.5 Å². The van der Waals surface area contributed by atoms with Gasteiger partial charge in [-0.2, -0.15) is 0 Å². The summed E-state index contributed by atoms with van der Waals surface area (Å²) in [7, 11) is 1.88. The molecule has 0 spiro atoms. The molecule has 3 aromatic rings. The topological polar surface area (TPSA) is 94.7 Å². The number of aliphatic hydroxyl groups is 1. The summed E-state index contributed by atoms with van der Waals surface area (Å²) in [6.07, 6.45) is 6.16. The summed E-state index contributed by atoms with van der Waals surface area (Å²) in [5, 5.41) is 12.6. The van der Waals surface area contributed by atoms with Crippen molar-refractivity contribution in [2.75, 3.05) is 0 Å². The highest BCUT2D eigenvalue weighted by Crippen LogP contribution is 2.44. The van der Waals surface area contributed by atoms with Gasteiger partial charge in [-0.05, 0) is 67.4 Å². The van der Waals surface area contributed by atoms with E-state index in [2.05, 4.69) is 5.32 Å². The molecule has 1 amide bonds. The number of hydrogen-bond donors (Lipinski definition) is 2. The molecular formula is C32H37N3O5. The molecule has 2 aromatic carbocycles. The van der Waals surface area contributed by atoms with Crippen LogP contribution in [0.1, 0.15) is 60.4 Å². The van der Waals surface area contributed by atoms with Crippen LogP contribution in [0.3, 0.4) is 0 Å². The molecular weight excluding hydrogens is 506 g/mol. The highest BCUT2D eigenvalue weighted by Gasteiger charge is 2.41. The minimum atomic E-state index is -0.697. The summed E-state index contributed by atoms with van der Waals surface area (Å²) >= 11 is 0. The standard InChI is InChI=1S/C32H37N3O5/c1-20-30(32(38)35(34(20)2)26-6-4-3-5-7-26)25-16-28(31(37)33-27-15-23-12-13-24(27)14-23)40-29(17-25)39-19-22-10-8-21(18-36)9-11-22/h3-11,16,23-25,27,29,36H,12-15,17-19H2,1-2H3,(H,33,37)/t23?,24?,25-,27?,29+/m1/s1. The molecule has 3 aliphatic rings. The monoisotopic (exact) mass is 543 g/mol. The number of para-hydroxylation sites is 1. The number of aliphatic hydroxyl groups excluding tert-OH is 1. The molecule has 6 rings (SSSR count). The normalized spacial score (nSPS) is 25.5. The summed E-state index contributed by atoms with van der Waals surface area (Å²) in [5.74, 6) is 0.881. The van der Waals surface area contributed by atoms with Gasteiger partial charge in [0.2, 0.25) is 6.29 Å². The largest absolute Gasteiger partial charge is 0.459 e. The van der Waals surface area contributed by atoms with E-state index in [0.717, 1.165) is 28.9 Å². The molecule has 1 aliphatic heterocycles. The van der Waals surface area contributed by atoms with E-state index in [1.165, 1.54) is 19.3 Å². The maximum atomic E-state index is 13.8. The van der Waals surface area contributed by atoms with Crippen LogP contribution >= 0.6 is 0 Å². The van der Waals surface area contributed by atoms with E-state index in [9.17, 15) is 14.7 Å². The Morgan fingerprint density at radius 3 is 2.48 bits per heavy atom. The predicted octanol–water partition coefficient (Wildman–Crippen LogP) is 4.21. The zero-order chi connectivity index (χ0) is 27.8. The Morgan fingerprint density at radius 2 is 1.80 bits per heavy atom. The number of rotatable bonds is 8. The minimum absolute atomic E-state index is 0.0165. The van der Waals surface area contributed by atoms with Crippen molar-refractivity contribution < 1.29 is 19.4 Å². The van der Waals surface area contributed by atoms with Crippen molar-refractivity contribution in [2.45, 2.75) is 70.5 Å². The Kier molecular flexibility index (Phi) is 7.38. The molecule has 40 heavy (non-hydrogen) atoms. The molecule has 2 N–H and O–H groups in total. The number of benzene rings is 2. The third kappa shape index (κ3) is 5.13. The Labute approximate surface area is 234 Å². The van der Waals surface area contributed by atoms with Gasteiger partial charge in [0.15, 0.2) is 5.76 Å². The van der Waals surface area contributed by atoms with Crippen molar-refractivity contribution >= 4 is 5.91 Å². The summed E-state index contributed by atoms with van der Waals surface area (Å²) in [6, 6.07) is 17.3. The molecule has 2 saturated carbocycles. The van der Waals surface area contributed by atoms with Crippen molar-refractivity contribution in [1.82, 2.24) is 14.7 Å². The Morgan fingerprint density at radius 1 is 1.05 bits per heavy atom. The summed E-state index contributed by atoms with van der Waals surface area (Å²) in [4.78, 5) is 27.3. The quantitative estimate of drug-likeness (QED) is 0.444. The molecule has 2 fully saturated rings. The second-order valence-electron chi connectivity index (χ2n) is 11.4. The first-order valence-electron chi connectivity index (χ1n) is 14.2. The fourth-order valence-electron chi connectivity index (χ4n) is 6.73. The molecule has 0 radical (unpaired) electrons. The van der Waals surface area contributed by atoms with E-state index in [4.69, 9.17) is 9.47 Å². The Balaban J connectivity index is 1.28. The summed E-state index contributed by atoms with van der Waals surface area (Å²) in [6.45, 7) is 2.21.